The molecule has 1 aromatic heterocycles. The Bertz CT molecular complexity index is 405. The summed E-state index contributed by atoms with van der Waals surface area (Å²) in [6, 6.07) is 0. The van der Waals surface area contributed by atoms with E-state index in [9.17, 15) is 0 Å². The van der Waals surface area contributed by atoms with Crippen molar-refractivity contribution in [2.24, 2.45) is 5.92 Å². The van der Waals surface area contributed by atoms with Crippen LogP contribution >= 0.6 is 23.4 Å². The average molecular weight is 286 g/mol. The Morgan fingerprint density at radius 3 is 2.72 bits per heavy atom. The second-order valence-corrected chi connectivity index (χ2v) is 6.28. The van der Waals surface area contributed by atoms with Gasteiger partial charge in [-0.3, -0.25) is 0 Å². The van der Waals surface area contributed by atoms with Crippen molar-refractivity contribution in [2.45, 2.75) is 33.1 Å². The van der Waals surface area contributed by atoms with E-state index in [1.54, 1.807) is 0 Å². The van der Waals surface area contributed by atoms with E-state index in [4.69, 9.17) is 11.6 Å². The number of aryl methyl sites for hydroxylation is 1. The molecule has 0 amide bonds. The maximum atomic E-state index is 6.12. The minimum Gasteiger partial charge on any atom is -0.369 e. The second kappa shape index (κ2) is 6.62. The largest absolute Gasteiger partial charge is 0.369 e. The average Bonchev–Trinajstić information content (AvgIpc) is 2.41. The molecule has 18 heavy (non-hydrogen) atoms. The highest BCUT2D eigenvalue weighted by atomic mass is 35.5. The predicted molar refractivity (Wildman–Crippen MR) is 79.7 cm³/mol. The van der Waals surface area contributed by atoms with Crippen molar-refractivity contribution in [3.05, 3.63) is 16.5 Å². The van der Waals surface area contributed by atoms with E-state index >= 15 is 0 Å². The first-order valence-corrected chi connectivity index (χ1v) is 8.08. The van der Waals surface area contributed by atoms with Crippen LogP contribution in [-0.4, -0.2) is 28.0 Å². The maximum Gasteiger partial charge on any atom is 0.137 e. The van der Waals surface area contributed by atoms with Gasteiger partial charge in [0.05, 0.1) is 0 Å². The topological polar surface area (TPSA) is 37.8 Å². The quantitative estimate of drug-likeness (QED) is 0.859. The van der Waals surface area contributed by atoms with Crippen LogP contribution in [0.25, 0.3) is 0 Å². The minimum atomic E-state index is 0.573. The molecule has 0 spiro atoms. The van der Waals surface area contributed by atoms with Gasteiger partial charge < -0.3 is 5.32 Å². The van der Waals surface area contributed by atoms with E-state index in [0.29, 0.717) is 5.15 Å². The smallest absolute Gasteiger partial charge is 0.137 e. The van der Waals surface area contributed by atoms with Gasteiger partial charge in [0.15, 0.2) is 0 Å². The molecule has 1 N–H and O–H groups in total. The van der Waals surface area contributed by atoms with Gasteiger partial charge in [0.25, 0.3) is 0 Å². The predicted octanol–water partition coefficient (Wildman–Crippen LogP) is 3.56. The van der Waals surface area contributed by atoms with Crippen LogP contribution < -0.4 is 5.32 Å². The molecule has 0 aromatic carbocycles. The third-order valence-electron chi connectivity index (χ3n) is 3.35. The number of aromatic nitrogens is 2. The highest BCUT2D eigenvalue weighted by Crippen LogP contribution is 2.24. The van der Waals surface area contributed by atoms with Gasteiger partial charge in [-0.25, -0.2) is 9.97 Å². The lowest BCUT2D eigenvalue weighted by Crippen LogP contribution is -2.20. The van der Waals surface area contributed by atoms with E-state index in [-0.39, 0.29) is 0 Å². The first kappa shape index (κ1) is 13.9. The molecule has 0 aliphatic carbocycles. The molecule has 1 aliphatic heterocycles. The van der Waals surface area contributed by atoms with Crippen LogP contribution in [0.15, 0.2) is 0 Å². The summed E-state index contributed by atoms with van der Waals surface area (Å²) in [6.07, 6.45) is 3.42. The molecule has 0 bridgehead atoms. The number of hydrogen-bond donors (Lipinski definition) is 1. The zero-order valence-electron chi connectivity index (χ0n) is 11.0. The fourth-order valence-electron chi connectivity index (χ4n) is 2.05. The fraction of sp³-hybridized carbons (Fsp3) is 0.692. The number of nitrogens with zero attached hydrogens (tertiary/aromatic N) is 2. The van der Waals surface area contributed by atoms with Crippen LogP contribution in [-0.2, 0) is 6.42 Å². The van der Waals surface area contributed by atoms with Crippen molar-refractivity contribution in [3.8, 4) is 0 Å². The Kier molecular flexibility index (Phi) is 5.13. The molecule has 1 aliphatic rings. The number of nitrogens with one attached hydrogen (secondary N) is 1. The molecule has 1 fully saturated rings. The van der Waals surface area contributed by atoms with Gasteiger partial charge in [-0.1, -0.05) is 18.5 Å². The van der Waals surface area contributed by atoms with Gasteiger partial charge in [-0.2, -0.15) is 11.8 Å². The lowest BCUT2D eigenvalue weighted by molar-refractivity contribution is 0.515. The zero-order valence-corrected chi connectivity index (χ0v) is 12.6. The Labute approximate surface area is 118 Å². The molecule has 1 saturated heterocycles. The summed E-state index contributed by atoms with van der Waals surface area (Å²) in [5.74, 6) is 5.06. The Balaban J connectivity index is 2.01. The van der Waals surface area contributed by atoms with E-state index in [1.165, 1.54) is 24.3 Å². The summed E-state index contributed by atoms with van der Waals surface area (Å²) in [4.78, 5) is 8.78. The number of thioether (sulfide) groups is 1. The summed E-state index contributed by atoms with van der Waals surface area (Å²) in [7, 11) is 0. The molecular formula is C13H20ClN3S. The molecule has 0 saturated carbocycles. The molecule has 2 heterocycles. The number of halogens is 1. The van der Waals surface area contributed by atoms with E-state index < -0.39 is 0 Å². The summed E-state index contributed by atoms with van der Waals surface area (Å²) >= 11 is 8.18. The van der Waals surface area contributed by atoms with Crippen molar-refractivity contribution in [2.75, 3.05) is 23.4 Å². The summed E-state index contributed by atoms with van der Waals surface area (Å²) in [6.45, 7) is 5.02. The van der Waals surface area contributed by atoms with Crippen molar-refractivity contribution >= 4 is 29.2 Å². The van der Waals surface area contributed by atoms with Crippen molar-refractivity contribution in [3.63, 3.8) is 0 Å². The molecule has 0 radical (unpaired) electrons. The third kappa shape index (κ3) is 3.51. The number of anilines is 1. The molecule has 0 unspecified atom stereocenters. The first-order valence-electron chi connectivity index (χ1n) is 6.55. The molecular weight excluding hydrogens is 266 g/mol. The van der Waals surface area contributed by atoms with Crippen molar-refractivity contribution < 1.29 is 0 Å². The normalized spacial score (nSPS) is 16.8. The second-order valence-electron chi connectivity index (χ2n) is 4.69. The summed E-state index contributed by atoms with van der Waals surface area (Å²) in [5, 5.41) is 4.03. The van der Waals surface area contributed by atoms with Crippen LogP contribution in [0.4, 0.5) is 5.82 Å². The van der Waals surface area contributed by atoms with E-state index in [0.717, 1.165) is 36.1 Å². The third-order valence-corrected chi connectivity index (χ3v) is 4.76. The molecule has 100 valence electrons. The maximum absolute atomic E-state index is 6.12. The van der Waals surface area contributed by atoms with Gasteiger partial charge in [0.2, 0.25) is 0 Å². The molecule has 0 atom stereocenters. The Morgan fingerprint density at radius 1 is 1.33 bits per heavy atom. The number of rotatable bonds is 4. The Morgan fingerprint density at radius 2 is 2.06 bits per heavy atom. The van der Waals surface area contributed by atoms with Crippen LogP contribution in [0.2, 0.25) is 5.15 Å². The Hall–Kier alpha value is -0.480. The van der Waals surface area contributed by atoms with Gasteiger partial charge >= 0.3 is 0 Å². The van der Waals surface area contributed by atoms with E-state index in [1.807, 2.05) is 13.8 Å². The SMILES string of the molecule is CCc1nc(Cl)c(C)c(NCC2CCSCC2)n1. The standard InChI is InChI=1S/C13H20ClN3S/c1-3-11-16-12(14)9(2)13(17-11)15-8-10-4-6-18-7-5-10/h10H,3-8H2,1-2H3,(H,15,16,17). The lowest BCUT2D eigenvalue weighted by atomic mass is 10.0. The molecule has 5 heteroatoms. The molecule has 1 aromatic rings. The van der Waals surface area contributed by atoms with Crippen LogP contribution in [0.3, 0.4) is 0 Å². The zero-order chi connectivity index (χ0) is 13.0. The first-order chi connectivity index (χ1) is 8.70. The van der Waals surface area contributed by atoms with E-state index in [2.05, 4.69) is 27.0 Å². The summed E-state index contributed by atoms with van der Waals surface area (Å²) < 4.78 is 0. The molecule has 3 nitrogen and oxygen atoms in total. The molecule has 2 rings (SSSR count). The fourth-order valence-corrected chi connectivity index (χ4v) is 3.45. The van der Waals surface area contributed by atoms with Gasteiger partial charge in [0.1, 0.15) is 16.8 Å². The van der Waals surface area contributed by atoms with Crippen LogP contribution in [0.5, 0.6) is 0 Å². The van der Waals surface area contributed by atoms with Crippen molar-refractivity contribution in [1.29, 1.82) is 0 Å². The van der Waals surface area contributed by atoms with Crippen LogP contribution in [0.1, 0.15) is 31.2 Å². The highest BCUT2D eigenvalue weighted by Gasteiger charge is 2.15. The minimum absolute atomic E-state index is 0.573. The van der Waals surface area contributed by atoms with Crippen molar-refractivity contribution in [1.82, 2.24) is 9.97 Å². The summed E-state index contributed by atoms with van der Waals surface area (Å²) in [5.41, 5.74) is 0.957. The van der Waals surface area contributed by atoms with Gasteiger partial charge in [-0.15, -0.1) is 0 Å². The lowest BCUT2D eigenvalue weighted by Gasteiger charge is -2.22. The number of hydrogen-bond acceptors (Lipinski definition) is 4. The monoisotopic (exact) mass is 285 g/mol. The van der Waals surface area contributed by atoms with Gasteiger partial charge in [-0.05, 0) is 37.2 Å². The highest BCUT2D eigenvalue weighted by molar-refractivity contribution is 7.99. The van der Waals surface area contributed by atoms with Crippen LogP contribution in [0, 0.1) is 12.8 Å². The van der Waals surface area contributed by atoms with Gasteiger partial charge in [0, 0.05) is 18.5 Å².